The molecule has 0 aliphatic carbocycles. The first-order valence-corrected chi connectivity index (χ1v) is 9.36. The average molecular weight is 336 g/mol. The molecule has 2 rings (SSSR count). The van der Waals surface area contributed by atoms with Crippen LogP contribution in [0.3, 0.4) is 0 Å². The molecule has 0 saturated heterocycles. The molecular formula is C16H24N4O2S. The van der Waals surface area contributed by atoms with Gasteiger partial charge in [-0.3, -0.25) is 9.67 Å². The molecule has 0 fully saturated rings. The number of hydrogen-bond acceptors (Lipinski definition) is 4. The number of hydrogen-bond donors (Lipinski definition) is 1. The Kier molecular flexibility index (Phi) is 5.90. The zero-order valence-corrected chi connectivity index (χ0v) is 14.6. The maximum atomic E-state index is 12.8. The van der Waals surface area contributed by atoms with Crippen molar-refractivity contribution in [2.24, 2.45) is 5.92 Å². The Morgan fingerprint density at radius 3 is 2.65 bits per heavy atom. The number of aryl methyl sites for hydroxylation is 1. The maximum Gasteiger partial charge on any atom is 0.258 e. The second-order valence-electron chi connectivity index (χ2n) is 5.98. The van der Waals surface area contributed by atoms with Gasteiger partial charge in [-0.2, -0.15) is 5.10 Å². The first-order valence-electron chi connectivity index (χ1n) is 7.88. The highest BCUT2D eigenvalue weighted by Crippen LogP contribution is 2.23. The van der Waals surface area contributed by atoms with Crippen LogP contribution < -0.4 is 4.72 Å². The number of rotatable bonds is 8. The Morgan fingerprint density at radius 1 is 1.26 bits per heavy atom. The van der Waals surface area contributed by atoms with Crippen molar-refractivity contribution < 1.29 is 8.42 Å². The van der Waals surface area contributed by atoms with Crippen LogP contribution in [0.5, 0.6) is 0 Å². The monoisotopic (exact) mass is 336 g/mol. The van der Waals surface area contributed by atoms with Gasteiger partial charge in [0.2, 0.25) is 0 Å². The SMILES string of the molecule is CCCn1nccc1S(=O)(=O)N[C@H](CC(C)C)c1cccnc1. The molecule has 0 unspecified atom stereocenters. The third-order valence-electron chi connectivity index (χ3n) is 3.48. The molecule has 0 aliphatic heterocycles. The van der Waals surface area contributed by atoms with Crippen LogP contribution in [0, 0.1) is 5.92 Å². The van der Waals surface area contributed by atoms with E-state index in [2.05, 4.69) is 28.7 Å². The number of aromatic nitrogens is 3. The lowest BCUT2D eigenvalue weighted by molar-refractivity contribution is 0.464. The Morgan fingerprint density at radius 2 is 2.04 bits per heavy atom. The van der Waals surface area contributed by atoms with Gasteiger partial charge in [0.05, 0.1) is 6.20 Å². The predicted octanol–water partition coefficient (Wildman–Crippen LogP) is 2.75. The van der Waals surface area contributed by atoms with Crippen LogP contribution in [0.1, 0.15) is 45.2 Å². The van der Waals surface area contributed by atoms with Crippen LogP contribution in [-0.4, -0.2) is 23.2 Å². The zero-order valence-electron chi connectivity index (χ0n) is 13.8. The van der Waals surface area contributed by atoms with Gasteiger partial charge in [0, 0.05) is 25.0 Å². The van der Waals surface area contributed by atoms with Gasteiger partial charge in [-0.25, -0.2) is 13.1 Å². The molecule has 0 amide bonds. The fourth-order valence-corrected chi connectivity index (χ4v) is 3.87. The van der Waals surface area contributed by atoms with E-state index in [1.54, 1.807) is 12.4 Å². The molecule has 0 bridgehead atoms. The molecule has 2 aromatic heterocycles. The highest BCUT2D eigenvalue weighted by atomic mass is 32.2. The van der Waals surface area contributed by atoms with Crippen molar-refractivity contribution in [2.45, 2.75) is 51.2 Å². The summed E-state index contributed by atoms with van der Waals surface area (Å²) in [4.78, 5) is 4.10. The Balaban J connectivity index is 2.29. The van der Waals surface area contributed by atoms with Crippen LogP contribution in [0.15, 0.2) is 41.8 Å². The van der Waals surface area contributed by atoms with Gasteiger partial charge in [-0.1, -0.05) is 26.8 Å². The highest BCUT2D eigenvalue weighted by molar-refractivity contribution is 7.89. The van der Waals surface area contributed by atoms with E-state index in [1.165, 1.54) is 16.9 Å². The van der Waals surface area contributed by atoms with Crippen LogP contribution in [0.4, 0.5) is 0 Å². The molecule has 0 spiro atoms. The standard InChI is InChI=1S/C16H24N4O2S/c1-4-10-20-16(7-9-18-20)23(21,22)19-15(11-13(2)3)14-6-5-8-17-12-14/h5-9,12-13,15,19H,4,10-11H2,1-3H3/t15-/m1/s1. The Labute approximate surface area is 138 Å². The average Bonchev–Trinajstić information content (AvgIpc) is 2.96. The van der Waals surface area contributed by atoms with Crippen LogP contribution >= 0.6 is 0 Å². The van der Waals surface area contributed by atoms with Crippen LogP contribution in [0.25, 0.3) is 0 Å². The lowest BCUT2D eigenvalue weighted by Crippen LogP contribution is -2.31. The molecule has 126 valence electrons. The molecule has 0 saturated carbocycles. The third kappa shape index (κ3) is 4.62. The van der Waals surface area contributed by atoms with Crippen molar-refractivity contribution in [3.8, 4) is 0 Å². The lowest BCUT2D eigenvalue weighted by Gasteiger charge is -2.21. The van der Waals surface area contributed by atoms with Crippen molar-refractivity contribution >= 4 is 10.0 Å². The normalized spacial score (nSPS) is 13.4. The van der Waals surface area contributed by atoms with Gasteiger partial charge in [0.15, 0.2) is 5.03 Å². The van der Waals surface area contributed by atoms with Crippen molar-refractivity contribution in [1.29, 1.82) is 0 Å². The van der Waals surface area contributed by atoms with Gasteiger partial charge in [-0.05, 0) is 36.5 Å². The summed E-state index contributed by atoms with van der Waals surface area (Å²) in [5, 5.41) is 4.30. The van der Waals surface area contributed by atoms with Crippen molar-refractivity contribution in [2.75, 3.05) is 0 Å². The number of nitrogens with one attached hydrogen (secondary N) is 1. The largest absolute Gasteiger partial charge is 0.264 e. The summed E-state index contributed by atoms with van der Waals surface area (Å²) in [5.41, 5.74) is 0.867. The molecule has 23 heavy (non-hydrogen) atoms. The van der Waals surface area contributed by atoms with E-state index in [9.17, 15) is 8.42 Å². The van der Waals surface area contributed by atoms with Gasteiger partial charge in [0.25, 0.3) is 10.0 Å². The van der Waals surface area contributed by atoms with Crippen LogP contribution in [0.2, 0.25) is 0 Å². The second-order valence-corrected chi connectivity index (χ2v) is 7.64. The summed E-state index contributed by atoms with van der Waals surface area (Å²) in [7, 11) is -3.64. The summed E-state index contributed by atoms with van der Waals surface area (Å²) >= 11 is 0. The van der Waals surface area contributed by atoms with E-state index in [0.717, 1.165) is 12.0 Å². The summed E-state index contributed by atoms with van der Waals surface area (Å²) in [6.45, 7) is 6.70. The summed E-state index contributed by atoms with van der Waals surface area (Å²) in [5.74, 6) is 0.350. The highest BCUT2D eigenvalue weighted by Gasteiger charge is 2.25. The second kappa shape index (κ2) is 7.70. The smallest absolute Gasteiger partial charge is 0.258 e. The Bertz CT molecular complexity index is 711. The van der Waals surface area contributed by atoms with E-state index in [0.29, 0.717) is 18.9 Å². The minimum absolute atomic E-state index is 0.206. The van der Waals surface area contributed by atoms with Gasteiger partial charge >= 0.3 is 0 Å². The van der Waals surface area contributed by atoms with Crippen LogP contribution in [-0.2, 0) is 16.6 Å². The summed E-state index contributed by atoms with van der Waals surface area (Å²) in [6.07, 6.45) is 6.43. The topological polar surface area (TPSA) is 76.9 Å². The number of sulfonamides is 1. The molecule has 2 heterocycles. The quantitative estimate of drug-likeness (QED) is 0.804. The van der Waals surface area contributed by atoms with Crippen molar-refractivity contribution in [1.82, 2.24) is 19.5 Å². The molecule has 1 atom stereocenters. The molecule has 0 aromatic carbocycles. The molecule has 7 heteroatoms. The van der Waals surface area contributed by atoms with Crippen molar-refractivity contribution in [3.63, 3.8) is 0 Å². The zero-order chi connectivity index (χ0) is 16.9. The van der Waals surface area contributed by atoms with E-state index >= 15 is 0 Å². The molecule has 2 aromatic rings. The van der Waals surface area contributed by atoms with Gasteiger partial charge < -0.3 is 0 Å². The van der Waals surface area contributed by atoms with Gasteiger partial charge in [-0.15, -0.1) is 0 Å². The molecule has 6 nitrogen and oxygen atoms in total. The summed E-state index contributed by atoms with van der Waals surface area (Å²) < 4.78 is 29.9. The lowest BCUT2D eigenvalue weighted by atomic mass is 9.99. The third-order valence-corrected chi connectivity index (χ3v) is 4.97. The fourth-order valence-electron chi connectivity index (χ4n) is 2.48. The van der Waals surface area contributed by atoms with E-state index in [-0.39, 0.29) is 11.1 Å². The molecule has 0 aliphatic rings. The summed E-state index contributed by atoms with van der Waals surface area (Å²) in [6, 6.07) is 4.94. The minimum Gasteiger partial charge on any atom is -0.264 e. The van der Waals surface area contributed by atoms with E-state index in [4.69, 9.17) is 0 Å². The molecular weight excluding hydrogens is 312 g/mol. The van der Waals surface area contributed by atoms with Gasteiger partial charge in [0.1, 0.15) is 0 Å². The first-order chi connectivity index (χ1) is 10.9. The fraction of sp³-hybridized carbons (Fsp3) is 0.500. The predicted molar refractivity (Wildman–Crippen MR) is 89.3 cm³/mol. The van der Waals surface area contributed by atoms with E-state index in [1.807, 2.05) is 19.1 Å². The molecule has 0 radical (unpaired) electrons. The first kappa shape index (κ1) is 17.6. The Hall–Kier alpha value is -1.73. The number of pyridine rings is 1. The minimum atomic E-state index is -3.64. The van der Waals surface area contributed by atoms with E-state index < -0.39 is 10.0 Å². The van der Waals surface area contributed by atoms with Crippen molar-refractivity contribution in [3.05, 3.63) is 42.4 Å². The maximum absolute atomic E-state index is 12.8. The number of nitrogens with zero attached hydrogens (tertiary/aromatic N) is 3. The molecule has 1 N–H and O–H groups in total.